The van der Waals surface area contributed by atoms with Crippen molar-refractivity contribution < 1.29 is 0 Å². The zero-order valence-corrected chi connectivity index (χ0v) is 14.2. The van der Waals surface area contributed by atoms with Crippen LogP contribution in [0.2, 0.25) is 0 Å². The van der Waals surface area contributed by atoms with Gasteiger partial charge in [-0.25, -0.2) is 0 Å². The van der Waals surface area contributed by atoms with E-state index >= 15 is 0 Å². The fourth-order valence-corrected chi connectivity index (χ4v) is 4.51. The van der Waals surface area contributed by atoms with Crippen molar-refractivity contribution >= 4 is 54.5 Å². The average Bonchev–Trinajstić information content (AvgIpc) is 2.88. The number of hydrogen-bond donors (Lipinski definition) is 1. The maximum Gasteiger partial charge on any atom is 0.0701 e. The van der Waals surface area contributed by atoms with Crippen LogP contribution < -0.4 is 5.32 Å². The lowest BCUT2D eigenvalue weighted by Gasteiger charge is -2.16. The standard InChI is InChI=1S/C12H13Br2NS2/c1-2-15-10(8-5-12(14)17-7-8)6-11-9(13)3-4-16-11/h3-5,7,10,15H,2,6H2,1H3. The van der Waals surface area contributed by atoms with Gasteiger partial charge >= 0.3 is 0 Å². The molecular formula is C12H13Br2NS2. The summed E-state index contributed by atoms with van der Waals surface area (Å²) in [6.07, 6.45) is 1.04. The van der Waals surface area contributed by atoms with Crippen LogP contribution in [0.1, 0.15) is 23.4 Å². The number of hydrogen-bond acceptors (Lipinski definition) is 3. The summed E-state index contributed by atoms with van der Waals surface area (Å²) < 4.78 is 2.42. The topological polar surface area (TPSA) is 12.0 Å². The molecule has 0 spiro atoms. The van der Waals surface area contributed by atoms with E-state index in [1.807, 2.05) is 11.3 Å². The number of rotatable bonds is 5. The van der Waals surface area contributed by atoms with Gasteiger partial charge in [0.2, 0.25) is 0 Å². The minimum atomic E-state index is 0.400. The molecule has 2 aromatic heterocycles. The first kappa shape index (κ1) is 13.7. The SMILES string of the molecule is CCNC(Cc1sccc1Br)c1csc(Br)c1. The van der Waals surface area contributed by atoms with Gasteiger partial charge in [-0.05, 0) is 66.9 Å². The van der Waals surface area contributed by atoms with Crippen molar-refractivity contribution in [1.82, 2.24) is 5.32 Å². The smallest absolute Gasteiger partial charge is 0.0701 e. The van der Waals surface area contributed by atoms with E-state index in [2.05, 4.69) is 67.0 Å². The highest BCUT2D eigenvalue weighted by Crippen LogP contribution is 2.31. The molecule has 0 radical (unpaired) electrons. The summed E-state index contributed by atoms with van der Waals surface area (Å²) >= 11 is 10.7. The molecule has 0 amide bonds. The van der Waals surface area contributed by atoms with Crippen molar-refractivity contribution in [3.8, 4) is 0 Å². The van der Waals surface area contributed by atoms with Gasteiger partial charge in [0.05, 0.1) is 3.79 Å². The van der Waals surface area contributed by atoms with Crippen LogP contribution in [-0.4, -0.2) is 6.54 Å². The molecule has 2 aromatic rings. The van der Waals surface area contributed by atoms with E-state index in [-0.39, 0.29) is 0 Å². The van der Waals surface area contributed by atoms with Gasteiger partial charge in [0, 0.05) is 21.8 Å². The Labute approximate surface area is 127 Å². The normalized spacial score (nSPS) is 12.9. The average molecular weight is 395 g/mol. The highest BCUT2D eigenvalue weighted by atomic mass is 79.9. The Morgan fingerprint density at radius 2 is 2.18 bits per heavy atom. The van der Waals surface area contributed by atoms with Crippen molar-refractivity contribution in [3.05, 3.63) is 41.6 Å². The van der Waals surface area contributed by atoms with Crippen LogP contribution in [0, 0.1) is 0 Å². The number of nitrogens with one attached hydrogen (secondary N) is 1. The van der Waals surface area contributed by atoms with E-state index in [0.29, 0.717) is 6.04 Å². The molecule has 1 atom stereocenters. The number of halogens is 2. The summed E-state index contributed by atoms with van der Waals surface area (Å²) in [6.45, 7) is 3.14. The Morgan fingerprint density at radius 3 is 2.71 bits per heavy atom. The second-order valence-electron chi connectivity index (χ2n) is 3.69. The fraction of sp³-hybridized carbons (Fsp3) is 0.333. The lowest BCUT2D eigenvalue weighted by Crippen LogP contribution is -2.22. The number of thiophene rings is 2. The van der Waals surface area contributed by atoms with Crippen molar-refractivity contribution in [2.45, 2.75) is 19.4 Å². The third-order valence-electron chi connectivity index (χ3n) is 2.52. The molecule has 0 saturated carbocycles. The van der Waals surface area contributed by atoms with Gasteiger partial charge in [0.25, 0.3) is 0 Å². The number of likely N-dealkylation sites (N-methyl/N-ethyl adjacent to an activating group) is 1. The molecule has 1 unspecified atom stereocenters. The van der Waals surface area contributed by atoms with Crippen LogP contribution in [0.5, 0.6) is 0 Å². The van der Waals surface area contributed by atoms with Crippen molar-refractivity contribution in [3.63, 3.8) is 0 Å². The van der Waals surface area contributed by atoms with E-state index in [4.69, 9.17) is 0 Å². The Kier molecular flexibility index (Phi) is 5.24. The van der Waals surface area contributed by atoms with E-state index in [1.54, 1.807) is 11.3 Å². The molecule has 5 heteroatoms. The van der Waals surface area contributed by atoms with Crippen LogP contribution >= 0.6 is 54.5 Å². The molecule has 0 aromatic carbocycles. The van der Waals surface area contributed by atoms with Gasteiger partial charge in [-0.1, -0.05) is 6.92 Å². The van der Waals surface area contributed by atoms with Crippen molar-refractivity contribution in [2.24, 2.45) is 0 Å². The van der Waals surface area contributed by atoms with Crippen molar-refractivity contribution in [2.75, 3.05) is 6.54 Å². The quantitative estimate of drug-likeness (QED) is 0.732. The Bertz CT molecular complexity index is 478. The van der Waals surface area contributed by atoms with Gasteiger partial charge in [-0.15, -0.1) is 22.7 Å². The maximum atomic E-state index is 3.60. The Morgan fingerprint density at radius 1 is 1.35 bits per heavy atom. The molecule has 0 bridgehead atoms. The van der Waals surface area contributed by atoms with Gasteiger partial charge in [-0.2, -0.15) is 0 Å². The molecule has 0 saturated heterocycles. The van der Waals surface area contributed by atoms with Crippen LogP contribution in [0.3, 0.4) is 0 Å². The van der Waals surface area contributed by atoms with Crippen LogP contribution in [0.25, 0.3) is 0 Å². The summed E-state index contributed by atoms with van der Waals surface area (Å²) in [5, 5.41) is 7.90. The molecule has 0 aliphatic rings. The zero-order valence-electron chi connectivity index (χ0n) is 9.37. The first-order chi connectivity index (χ1) is 8.20. The van der Waals surface area contributed by atoms with Gasteiger partial charge < -0.3 is 5.32 Å². The molecular weight excluding hydrogens is 382 g/mol. The Balaban J connectivity index is 2.15. The molecule has 2 heterocycles. The molecule has 17 heavy (non-hydrogen) atoms. The van der Waals surface area contributed by atoms with E-state index in [9.17, 15) is 0 Å². The minimum Gasteiger partial charge on any atom is -0.310 e. The summed E-state index contributed by atoms with van der Waals surface area (Å²) in [6, 6.07) is 4.73. The van der Waals surface area contributed by atoms with E-state index in [1.165, 1.54) is 18.7 Å². The molecule has 2 rings (SSSR count). The second-order valence-corrected chi connectivity index (χ2v) is 7.84. The predicted octanol–water partition coefficient (Wildman–Crippen LogP) is 5.23. The van der Waals surface area contributed by atoms with Gasteiger partial charge in [-0.3, -0.25) is 0 Å². The first-order valence-corrected chi connectivity index (χ1v) is 8.74. The molecule has 0 fully saturated rings. The lowest BCUT2D eigenvalue weighted by molar-refractivity contribution is 0.554. The highest BCUT2D eigenvalue weighted by molar-refractivity contribution is 9.11. The fourth-order valence-electron chi connectivity index (χ4n) is 1.72. The zero-order chi connectivity index (χ0) is 12.3. The summed E-state index contributed by atoms with van der Waals surface area (Å²) in [5.41, 5.74) is 1.36. The molecule has 0 aliphatic heterocycles. The van der Waals surface area contributed by atoms with E-state index < -0.39 is 0 Å². The molecule has 1 N–H and O–H groups in total. The summed E-state index contributed by atoms with van der Waals surface area (Å²) in [7, 11) is 0. The third-order valence-corrected chi connectivity index (χ3v) is 5.99. The molecule has 1 nitrogen and oxygen atoms in total. The van der Waals surface area contributed by atoms with Crippen LogP contribution in [0.4, 0.5) is 0 Å². The largest absolute Gasteiger partial charge is 0.310 e. The van der Waals surface area contributed by atoms with Crippen molar-refractivity contribution in [1.29, 1.82) is 0 Å². The third kappa shape index (κ3) is 3.64. The van der Waals surface area contributed by atoms with Crippen LogP contribution in [-0.2, 0) is 6.42 Å². The summed E-state index contributed by atoms with van der Waals surface area (Å²) in [4.78, 5) is 1.40. The van der Waals surface area contributed by atoms with E-state index in [0.717, 1.165) is 13.0 Å². The minimum absolute atomic E-state index is 0.400. The monoisotopic (exact) mass is 393 g/mol. The maximum absolute atomic E-state index is 3.60. The first-order valence-electron chi connectivity index (χ1n) is 5.40. The lowest BCUT2D eigenvalue weighted by atomic mass is 10.1. The Hall–Kier alpha value is 0.320. The molecule has 0 aliphatic carbocycles. The summed E-state index contributed by atoms with van der Waals surface area (Å²) in [5.74, 6) is 0. The predicted molar refractivity (Wildman–Crippen MR) is 84.2 cm³/mol. The van der Waals surface area contributed by atoms with Gasteiger partial charge in [0.15, 0.2) is 0 Å². The highest BCUT2D eigenvalue weighted by Gasteiger charge is 2.15. The van der Waals surface area contributed by atoms with Crippen LogP contribution in [0.15, 0.2) is 31.2 Å². The second kappa shape index (κ2) is 6.48. The molecule has 92 valence electrons. The van der Waals surface area contributed by atoms with Gasteiger partial charge in [0.1, 0.15) is 0 Å².